The first-order chi connectivity index (χ1) is 20.7. The van der Waals surface area contributed by atoms with Crippen LogP contribution >= 0.6 is 0 Å². The molecule has 0 aliphatic rings. The number of carbonyl (C=O) groups is 2. The number of rotatable bonds is 30. The molecule has 0 bridgehead atoms. The lowest BCUT2D eigenvalue weighted by molar-refractivity contribution is -0.145. The molecule has 0 heterocycles. The minimum absolute atomic E-state index is 0.148. The van der Waals surface area contributed by atoms with Crippen LogP contribution < -0.4 is 5.32 Å². The number of hydrogen-bond acceptors (Lipinski definition) is 10. The van der Waals surface area contributed by atoms with Crippen molar-refractivity contribution in [3.8, 4) is 0 Å². The number of unbranched alkanes of at least 4 members (excludes halogenated alkanes) is 6. The molecule has 10 heteroatoms. The van der Waals surface area contributed by atoms with E-state index in [1.807, 2.05) is 12.1 Å². The van der Waals surface area contributed by atoms with Gasteiger partial charge in [-0.15, -0.1) is 0 Å². The normalized spacial score (nSPS) is 11.0. The molecule has 10 nitrogen and oxygen atoms in total. The van der Waals surface area contributed by atoms with Gasteiger partial charge in [0.2, 0.25) is 0 Å². The maximum Gasteiger partial charge on any atom is 0.338 e. The van der Waals surface area contributed by atoms with Crippen LogP contribution in [0.25, 0.3) is 0 Å². The van der Waals surface area contributed by atoms with E-state index in [-0.39, 0.29) is 25.2 Å². The molecule has 0 fully saturated rings. The van der Waals surface area contributed by atoms with Crippen LogP contribution in [0.3, 0.4) is 0 Å². The van der Waals surface area contributed by atoms with E-state index in [2.05, 4.69) is 19.2 Å². The zero-order valence-electron chi connectivity index (χ0n) is 26.0. The molecular formula is C32H55NO9. The SMILES string of the molecule is CCCCCCCCC(=O)OCCOCCOCCOCCOCCOCCOC(=O)c1ccc(NCCCC)cc1. The molecule has 0 aliphatic carbocycles. The Labute approximate surface area is 253 Å². The van der Waals surface area contributed by atoms with Crippen molar-refractivity contribution in [3.05, 3.63) is 29.8 Å². The zero-order valence-corrected chi connectivity index (χ0v) is 26.0. The fraction of sp³-hybridized carbons (Fsp3) is 0.750. The van der Waals surface area contributed by atoms with Crippen molar-refractivity contribution in [2.24, 2.45) is 0 Å². The van der Waals surface area contributed by atoms with Crippen LogP contribution in [0.1, 0.15) is 82.0 Å². The number of ether oxygens (including phenoxy) is 7. The Morgan fingerprint density at radius 2 is 1.00 bits per heavy atom. The highest BCUT2D eigenvalue weighted by Gasteiger charge is 2.07. The largest absolute Gasteiger partial charge is 0.463 e. The highest BCUT2D eigenvalue weighted by Crippen LogP contribution is 2.11. The minimum atomic E-state index is -0.361. The quantitative estimate of drug-likeness (QED) is 0.0910. The molecule has 1 aromatic rings. The lowest BCUT2D eigenvalue weighted by Crippen LogP contribution is -2.15. The van der Waals surface area contributed by atoms with Gasteiger partial charge in [-0.25, -0.2) is 4.79 Å². The Morgan fingerprint density at radius 3 is 1.52 bits per heavy atom. The van der Waals surface area contributed by atoms with E-state index in [1.165, 1.54) is 25.7 Å². The maximum atomic E-state index is 12.1. The van der Waals surface area contributed by atoms with Crippen molar-refractivity contribution in [1.82, 2.24) is 0 Å². The number of carbonyl (C=O) groups excluding carboxylic acids is 2. The Bertz CT molecular complexity index is 761. The maximum absolute atomic E-state index is 12.1. The van der Waals surface area contributed by atoms with E-state index in [0.29, 0.717) is 78.1 Å². The highest BCUT2D eigenvalue weighted by atomic mass is 16.6. The molecule has 1 aromatic carbocycles. The Hall–Kier alpha value is -2.24. The van der Waals surface area contributed by atoms with Crippen LogP contribution in [-0.4, -0.2) is 97.8 Å². The molecule has 0 spiro atoms. The van der Waals surface area contributed by atoms with Crippen LogP contribution in [0.2, 0.25) is 0 Å². The average Bonchev–Trinajstić information content (AvgIpc) is 3.00. The van der Waals surface area contributed by atoms with E-state index in [0.717, 1.165) is 37.9 Å². The second-order valence-electron chi connectivity index (χ2n) is 9.79. The third kappa shape index (κ3) is 23.3. The first-order valence-electron chi connectivity index (χ1n) is 15.7. The van der Waals surface area contributed by atoms with E-state index in [4.69, 9.17) is 33.2 Å². The van der Waals surface area contributed by atoms with Gasteiger partial charge in [-0.1, -0.05) is 52.4 Å². The van der Waals surface area contributed by atoms with Crippen LogP contribution in [0, 0.1) is 0 Å². The van der Waals surface area contributed by atoms with Gasteiger partial charge in [-0.3, -0.25) is 4.79 Å². The summed E-state index contributed by atoms with van der Waals surface area (Å²) in [7, 11) is 0. The summed E-state index contributed by atoms with van der Waals surface area (Å²) in [6.07, 6.45) is 9.65. The second-order valence-corrected chi connectivity index (χ2v) is 9.79. The molecular weight excluding hydrogens is 542 g/mol. The van der Waals surface area contributed by atoms with E-state index in [9.17, 15) is 9.59 Å². The molecule has 0 amide bonds. The number of nitrogens with one attached hydrogen (secondary N) is 1. The van der Waals surface area contributed by atoms with E-state index in [1.54, 1.807) is 12.1 Å². The molecule has 1 N–H and O–H groups in total. The summed E-state index contributed by atoms with van der Waals surface area (Å²) in [5, 5.41) is 3.31. The van der Waals surface area contributed by atoms with Crippen molar-refractivity contribution in [2.45, 2.75) is 71.6 Å². The standard InChI is InChI=1S/C32H55NO9/c1-3-5-7-8-9-10-11-31(34)41-27-25-39-23-21-37-19-17-36-18-20-38-22-24-40-26-28-42-32(35)29-12-14-30(15-13-29)33-16-6-4-2/h12-15,33H,3-11,16-28H2,1-2H3. The van der Waals surface area contributed by atoms with Crippen LogP contribution in [0.5, 0.6) is 0 Å². The van der Waals surface area contributed by atoms with Gasteiger partial charge in [-0.2, -0.15) is 0 Å². The van der Waals surface area contributed by atoms with Crippen LogP contribution in [0.4, 0.5) is 5.69 Å². The van der Waals surface area contributed by atoms with E-state index >= 15 is 0 Å². The zero-order chi connectivity index (χ0) is 30.4. The molecule has 242 valence electrons. The molecule has 0 aromatic heterocycles. The summed E-state index contributed by atoms with van der Waals surface area (Å²) in [4.78, 5) is 23.7. The smallest absolute Gasteiger partial charge is 0.338 e. The summed E-state index contributed by atoms with van der Waals surface area (Å²) in [6, 6.07) is 7.29. The minimum Gasteiger partial charge on any atom is -0.463 e. The van der Waals surface area contributed by atoms with E-state index < -0.39 is 0 Å². The second kappa shape index (κ2) is 28.9. The lowest BCUT2D eigenvalue weighted by Gasteiger charge is -2.09. The summed E-state index contributed by atoms with van der Waals surface area (Å²) in [5.74, 6) is -0.509. The van der Waals surface area contributed by atoms with Gasteiger partial charge < -0.3 is 38.5 Å². The third-order valence-electron chi connectivity index (χ3n) is 6.15. The van der Waals surface area contributed by atoms with Crippen molar-refractivity contribution in [2.75, 3.05) is 91.1 Å². The van der Waals surface area contributed by atoms with Crippen LogP contribution in [0.15, 0.2) is 24.3 Å². The summed E-state index contributed by atoms with van der Waals surface area (Å²) < 4.78 is 37.6. The first-order valence-corrected chi connectivity index (χ1v) is 15.7. The summed E-state index contributed by atoms with van der Waals surface area (Å²) >= 11 is 0. The molecule has 0 saturated carbocycles. The van der Waals surface area contributed by atoms with Gasteiger partial charge >= 0.3 is 11.9 Å². The molecule has 0 unspecified atom stereocenters. The van der Waals surface area contributed by atoms with Gasteiger partial charge in [-0.05, 0) is 37.1 Å². The molecule has 1 rings (SSSR count). The fourth-order valence-electron chi connectivity index (χ4n) is 3.73. The number of anilines is 1. The topological polar surface area (TPSA) is 111 Å². The van der Waals surface area contributed by atoms with Gasteiger partial charge in [0.15, 0.2) is 0 Å². The Morgan fingerprint density at radius 1 is 0.548 bits per heavy atom. The van der Waals surface area contributed by atoms with Crippen LogP contribution in [-0.2, 0) is 38.0 Å². The number of benzene rings is 1. The van der Waals surface area contributed by atoms with Crippen molar-refractivity contribution < 1.29 is 42.7 Å². The fourth-order valence-corrected chi connectivity index (χ4v) is 3.73. The molecule has 0 atom stereocenters. The van der Waals surface area contributed by atoms with Gasteiger partial charge in [0.25, 0.3) is 0 Å². The van der Waals surface area contributed by atoms with Crippen molar-refractivity contribution >= 4 is 17.6 Å². The third-order valence-corrected chi connectivity index (χ3v) is 6.15. The highest BCUT2D eigenvalue weighted by molar-refractivity contribution is 5.89. The predicted molar refractivity (Wildman–Crippen MR) is 163 cm³/mol. The average molecular weight is 598 g/mol. The van der Waals surface area contributed by atoms with Crippen molar-refractivity contribution in [1.29, 1.82) is 0 Å². The monoisotopic (exact) mass is 597 g/mol. The molecule has 0 radical (unpaired) electrons. The van der Waals surface area contributed by atoms with Gasteiger partial charge in [0, 0.05) is 18.7 Å². The number of esters is 2. The lowest BCUT2D eigenvalue weighted by atomic mass is 10.1. The molecule has 0 saturated heterocycles. The summed E-state index contributed by atoms with van der Waals surface area (Å²) in [5.41, 5.74) is 1.52. The van der Waals surface area contributed by atoms with Gasteiger partial charge in [0.05, 0.1) is 71.6 Å². The summed E-state index contributed by atoms with van der Waals surface area (Å²) in [6.45, 7) is 10.0. The van der Waals surface area contributed by atoms with Gasteiger partial charge in [0.1, 0.15) is 13.2 Å². The predicted octanol–water partition coefficient (Wildman–Crippen LogP) is 5.43. The first kappa shape index (κ1) is 37.8. The Balaban J connectivity index is 1.78. The molecule has 42 heavy (non-hydrogen) atoms. The molecule has 0 aliphatic heterocycles. The number of hydrogen-bond donors (Lipinski definition) is 1. The Kier molecular flexibility index (Phi) is 26.0. The van der Waals surface area contributed by atoms with Crippen molar-refractivity contribution in [3.63, 3.8) is 0 Å².